The van der Waals surface area contributed by atoms with Gasteiger partial charge in [0.15, 0.2) is 11.6 Å². The Morgan fingerprint density at radius 2 is 2.21 bits per heavy atom. The van der Waals surface area contributed by atoms with Crippen LogP contribution in [0.1, 0.15) is 6.92 Å². The summed E-state index contributed by atoms with van der Waals surface area (Å²) in [5, 5.41) is 0. The van der Waals surface area contributed by atoms with Gasteiger partial charge in [-0.05, 0) is 6.92 Å². The quantitative estimate of drug-likeness (QED) is 0.553. The van der Waals surface area contributed by atoms with Crippen molar-refractivity contribution in [2.24, 2.45) is 4.99 Å². The van der Waals surface area contributed by atoms with E-state index in [1.807, 2.05) is 0 Å². The topological polar surface area (TPSA) is 38.7 Å². The molecule has 1 rings (SSSR count). The van der Waals surface area contributed by atoms with Crippen LogP contribution in [0, 0.1) is 11.6 Å². The summed E-state index contributed by atoms with van der Waals surface area (Å²) < 4.78 is 30.6. The lowest BCUT2D eigenvalue weighted by Gasteiger charge is -2.06. The molecule has 3 nitrogen and oxygen atoms in total. The first-order valence-electron chi connectivity index (χ1n) is 3.88. The molecule has 0 bridgehead atoms. The Bertz CT molecular complexity index is 387. The number of halogens is 2. The average molecular weight is 199 g/mol. The molecule has 0 aliphatic carbocycles. The number of isocyanates is 1. The highest BCUT2D eigenvalue weighted by Gasteiger charge is 2.11. The predicted octanol–water partition coefficient (Wildman–Crippen LogP) is 2.33. The van der Waals surface area contributed by atoms with E-state index in [2.05, 4.69) is 4.99 Å². The van der Waals surface area contributed by atoms with Crippen LogP contribution in [-0.2, 0) is 4.79 Å². The van der Waals surface area contributed by atoms with Crippen molar-refractivity contribution in [2.45, 2.75) is 6.92 Å². The molecule has 0 saturated heterocycles. The molecule has 0 amide bonds. The summed E-state index contributed by atoms with van der Waals surface area (Å²) in [6.07, 6.45) is 1.20. The zero-order chi connectivity index (χ0) is 10.6. The average Bonchev–Trinajstić information content (AvgIpc) is 2.11. The lowest BCUT2D eigenvalue weighted by molar-refractivity contribution is 0.321. The van der Waals surface area contributed by atoms with Gasteiger partial charge in [0.05, 0.1) is 6.61 Å². The Morgan fingerprint density at radius 3 is 2.79 bits per heavy atom. The van der Waals surface area contributed by atoms with E-state index in [-0.39, 0.29) is 18.0 Å². The molecule has 0 N–H and O–H groups in total. The number of ether oxygens (including phenoxy) is 1. The molecule has 0 saturated carbocycles. The Hall–Kier alpha value is -1.74. The lowest BCUT2D eigenvalue weighted by atomic mass is 10.2. The number of hydrogen-bond donors (Lipinski definition) is 0. The van der Waals surface area contributed by atoms with Crippen molar-refractivity contribution in [3.8, 4) is 5.75 Å². The molecule has 0 unspecified atom stereocenters. The lowest BCUT2D eigenvalue weighted by Crippen LogP contribution is -1.95. The highest BCUT2D eigenvalue weighted by molar-refractivity contribution is 5.58. The number of carbonyl (C=O) groups excluding carboxylic acids is 1. The van der Waals surface area contributed by atoms with Crippen molar-refractivity contribution in [3.05, 3.63) is 23.8 Å². The Kier molecular flexibility index (Phi) is 3.31. The van der Waals surface area contributed by atoms with Crippen LogP contribution in [0.5, 0.6) is 5.75 Å². The predicted molar refractivity (Wildman–Crippen MR) is 45.3 cm³/mol. The second-order valence-electron chi connectivity index (χ2n) is 2.37. The second-order valence-corrected chi connectivity index (χ2v) is 2.37. The van der Waals surface area contributed by atoms with Crippen molar-refractivity contribution < 1.29 is 18.3 Å². The van der Waals surface area contributed by atoms with Gasteiger partial charge in [-0.3, -0.25) is 0 Å². The third kappa shape index (κ3) is 2.14. The van der Waals surface area contributed by atoms with Crippen LogP contribution in [-0.4, -0.2) is 12.7 Å². The molecule has 14 heavy (non-hydrogen) atoms. The van der Waals surface area contributed by atoms with Crippen LogP contribution >= 0.6 is 0 Å². The first kappa shape index (κ1) is 10.3. The number of rotatable bonds is 3. The van der Waals surface area contributed by atoms with Crippen LogP contribution in [0.2, 0.25) is 0 Å². The first-order chi connectivity index (χ1) is 6.69. The van der Waals surface area contributed by atoms with E-state index in [1.165, 1.54) is 6.08 Å². The van der Waals surface area contributed by atoms with E-state index in [0.717, 1.165) is 6.07 Å². The summed E-state index contributed by atoms with van der Waals surface area (Å²) in [6.45, 7) is 1.83. The first-order valence-corrected chi connectivity index (χ1v) is 3.88. The molecule has 1 aromatic rings. The van der Waals surface area contributed by atoms with E-state index in [9.17, 15) is 13.6 Å². The molecule has 0 heterocycles. The molecule has 0 radical (unpaired) electrons. The maximum Gasteiger partial charge on any atom is 0.240 e. The van der Waals surface area contributed by atoms with Gasteiger partial charge in [-0.1, -0.05) is 0 Å². The van der Waals surface area contributed by atoms with Gasteiger partial charge in [0, 0.05) is 12.1 Å². The van der Waals surface area contributed by atoms with Gasteiger partial charge >= 0.3 is 0 Å². The van der Waals surface area contributed by atoms with Crippen molar-refractivity contribution in [1.29, 1.82) is 0 Å². The zero-order valence-electron chi connectivity index (χ0n) is 7.38. The largest absolute Gasteiger partial charge is 0.489 e. The zero-order valence-corrected chi connectivity index (χ0v) is 7.38. The van der Waals surface area contributed by atoms with E-state index < -0.39 is 11.6 Å². The van der Waals surface area contributed by atoms with Crippen LogP contribution < -0.4 is 4.74 Å². The van der Waals surface area contributed by atoms with Gasteiger partial charge in [0.2, 0.25) is 6.08 Å². The van der Waals surface area contributed by atoms with Crippen molar-refractivity contribution >= 4 is 11.8 Å². The van der Waals surface area contributed by atoms with Crippen LogP contribution in [0.15, 0.2) is 17.1 Å². The third-order valence-electron chi connectivity index (χ3n) is 1.44. The summed E-state index contributed by atoms with van der Waals surface area (Å²) in [7, 11) is 0. The number of benzene rings is 1. The monoisotopic (exact) mass is 199 g/mol. The van der Waals surface area contributed by atoms with Gasteiger partial charge in [-0.15, -0.1) is 0 Å². The molecule has 0 aliphatic rings. The fourth-order valence-corrected chi connectivity index (χ4v) is 0.966. The number of hydrogen-bond acceptors (Lipinski definition) is 3. The summed E-state index contributed by atoms with van der Waals surface area (Å²) in [5.41, 5.74) is -0.195. The highest BCUT2D eigenvalue weighted by atomic mass is 19.1. The summed E-state index contributed by atoms with van der Waals surface area (Å²) in [6, 6.07) is 1.56. The SMILES string of the molecule is CCOc1c(F)cc(F)cc1N=C=O. The van der Waals surface area contributed by atoms with E-state index in [1.54, 1.807) is 6.92 Å². The molecule has 0 fully saturated rings. The van der Waals surface area contributed by atoms with Gasteiger partial charge in [-0.2, -0.15) is 4.99 Å². The molecule has 0 atom stereocenters. The van der Waals surface area contributed by atoms with Crippen molar-refractivity contribution in [3.63, 3.8) is 0 Å². The smallest absolute Gasteiger partial charge is 0.240 e. The molecule has 1 aromatic carbocycles. The minimum Gasteiger partial charge on any atom is -0.489 e. The maximum atomic E-state index is 13.1. The van der Waals surface area contributed by atoms with Gasteiger partial charge < -0.3 is 4.74 Å². The molecular formula is C9H7F2NO2. The number of nitrogens with zero attached hydrogens (tertiary/aromatic N) is 1. The summed E-state index contributed by atoms with van der Waals surface area (Å²) >= 11 is 0. The molecular weight excluding hydrogens is 192 g/mol. The molecule has 5 heteroatoms. The normalized spacial score (nSPS) is 9.36. The Morgan fingerprint density at radius 1 is 1.50 bits per heavy atom. The van der Waals surface area contributed by atoms with Gasteiger partial charge in [0.1, 0.15) is 11.5 Å². The third-order valence-corrected chi connectivity index (χ3v) is 1.44. The standard InChI is InChI=1S/C9H7F2NO2/c1-2-14-9-7(11)3-6(10)4-8(9)12-5-13/h3-4H,2H2,1H3. The van der Waals surface area contributed by atoms with Crippen LogP contribution in [0.3, 0.4) is 0 Å². The highest BCUT2D eigenvalue weighted by Crippen LogP contribution is 2.31. The molecule has 0 aliphatic heterocycles. The van der Waals surface area contributed by atoms with E-state index >= 15 is 0 Å². The van der Waals surface area contributed by atoms with Crippen molar-refractivity contribution in [1.82, 2.24) is 0 Å². The second kappa shape index (κ2) is 4.48. The fraction of sp³-hybridized carbons (Fsp3) is 0.222. The van der Waals surface area contributed by atoms with Crippen LogP contribution in [0.4, 0.5) is 14.5 Å². The maximum absolute atomic E-state index is 13.1. The summed E-state index contributed by atoms with van der Waals surface area (Å²) in [4.78, 5) is 13.1. The van der Waals surface area contributed by atoms with E-state index in [0.29, 0.717) is 6.07 Å². The molecule has 0 spiro atoms. The Balaban J connectivity index is 3.28. The summed E-state index contributed by atoms with van der Waals surface area (Å²) in [5.74, 6) is -1.95. The van der Waals surface area contributed by atoms with E-state index in [4.69, 9.17) is 4.74 Å². The minimum atomic E-state index is -0.888. The van der Waals surface area contributed by atoms with Crippen molar-refractivity contribution in [2.75, 3.05) is 6.61 Å². The molecule has 74 valence electrons. The number of aliphatic imine (C=N–C) groups is 1. The minimum absolute atomic E-state index is 0.195. The van der Waals surface area contributed by atoms with Crippen LogP contribution in [0.25, 0.3) is 0 Å². The Labute approximate surface area is 79.0 Å². The molecule has 0 aromatic heterocycles. The fourth-order valence-electron chi connectivity index (χ4n) is 0.966. The van der Waals surface area contributed by atoms with Gasteiger partial charge in [-0.25, -0.2) is 13.6 Å². The van der Waals surface area contributed by atoms with Gasteiger partial charge in [0.25, 0.3) is 0 Å².